The average Bonchev–Trinajstić information content (AvgIpc) is 2.30. The maximum atomic E-state index is 9.60. The molecule has 0 saturated carbocycles. The predicted octanol–water partition coefficient (Wildman–Crippen LogP) is 0.895. The molecule has 1 aliphatic rings. The number of hydrogen-bond acceptors (Lipinski definition) is 3. The van der Waals surface area contributed by atoms with E-state index in [-0.39, 0.29) is 5.76 Å². The van der Waals surface area contributed by atoms with Crippen molar-refractivity contribution in [1.82, 2.24) is 5.32 Å². The van der Waals surface area contributed by atoms with E-state index in [2.05, 4.69) is 5.32 Å². The van der Waals surface area contributed by atoms with Crippen LogP contribution >= 0.6 is 0 Å². The molecule has 0 aromatic rings. The number of allylic oxidation sites excluding steroid dienone is 3. The summed E-state index contributed by atoms with van der Waals surface area (Å²) < 4.78 is 0. The molecule has 1 rings (SSSR count). The first-order chi connectivity index (χ1) is 6.24. The summed E-state index contributed by atoms with van der Waals surface area (Å²) in [5.74, 6) is 0.218. The van der Waals surface area contributed by atoms with Crippen LogP contribution in [0.4, 0.5) is 0 Å². The van der Waals surface area contributed by atoms with Crippen molar-refractivity contribution < 1.29 is 10.2 Å². The van der Waals surface area contributed by atoms with Crippen LogP contribution in [0, 0.1) is 0 Å². The highest BCUT2D eigenvalue weighted by Crippen LogP contribution is 2.12. The topological polar surface area (TPSA) is 52.5 Å². The first-order valence-electron chi connectivity index (χ1n) is 4.34. The molecule has 1 unspecified atom stereocenters. The highest BCUT2D eigenvalue weighted by atomic mass is 16.3. The zero-order valence-corrected chi connectivity index (χ0v) is 7.70. The van der Waals surface area contributed by atoms with Crippen LogP contribution < -0.4 is 5.32 Å². The van der Waals surface area contributed by atoms with E-state index in [0.29, 0.717) is 13.0 Å². The average molecular weight is 181 g/mol. The molecule has 3 N–H and O–H groups in total. The molecule has 0 aromatic carbocycles. The second-order valence-corrected chi connectivity index (χ2v) is 2.98. The first-order valence-corrected chi connectivity index (χ1v) is 4.34. The minimum Gasteiger partial charge on any atom is -0.508 e. The molecule has 0 radical (unpaired) electrons. The van der Waals surface area contributed by atoms with E-state index >= 15 is 0 Å². The third-order valence-corrected chi connectivity index (χ3v) is 1.87. The summed E-state index contributed by atoms with van der Waals surface area (Å²) in [6.45, 7) is 0.490. The lowest BCUT2D eigenvalue weighted by Gasteiger charge is -2.10. The first kappa shape index (κ1) is 10.0. The van der Waals surface area contributed by atoms with Gasteiger partial charge in [-0.2, -0.15) is 0 Å². The normalized spacial score (nSPS) is 18.9. The zero-order valence-electron chi connectivity index (χ0n) is 7.70. The lowest BCUT2D eigenvalue weighted by molar-refractivity contribution is 0.213. The smallest absolute Gasteiger partial charge is 0.112 e. The van der Waals surface area contributed by atoms with Crippen molar-refractivity contribution >= 4 is 0 Å². The van der Waals surface area contributed by atoms with E-state index in [4.69, 9.17) is 0 Å². The Kier molecular flexibility index (Phi) is 3.73. The van der Waals surface area contributed by atoms with Crippen molar-refractivity contribution in [3.8, 4) is 0 Å². The van der Waals surface area contributed by atoms with Crippen LogP contribution in [0.15, 0.2) is 35.6 Å². The fourth-order valence-corrected chi connectivity index (χ4v) is 1.19. The number of aliphatic hydroxyl groups is 2. The van der Waals surface area contributed by atoms with Crippen LogP contribution in [0.1, 0.15) is 6.42 Å². The Morgan fingerprint density at radius 2 is 2.38 bits per heavy atom. The fraction of sp³-hybridized carbons (Fsp3) is 0.400. The highest BCUT2D eigenvalue weighted by Gasteiger charge is 2.08. The molecular weight excluding hydrogens is 166 g/mol. The van der Waals surface area contributed by atoms with Crippen LogP contribution in [-0.2, 0) is 0 Å². The van der Waals surface area contributed by atoms with Gasteiger partial charge in [0.2, 0.25) is 0 Å². The van der Waals surface area contributed by atoms with Crippen molar-refractivity contribution in [3.05, 3.63) is 35.6 Å². The molecule has 0 aliphatic heterocycles. The molecule has 0 bridgehead atoms. The van der Waals surface area contributed by atoms with E-state index in [0.717, 1.165) is 5.57 Å². The molecule has 72 valence electrons. The molecule has 1 atom stereocenters. The number of aliphatic hydroxyl groups excluding tert-OH is 2. The highest BCUT2D eigenvalue weighted by molar-refractivity contribution is 5.33. The molecule has 3 heteroatoms. The van der Waals surface area contributed by atoms with Gasteiger partial charge < -0.3 is 15.5 Å². The molecule has 0 amide bonds. The quantitative estimate of drug-likeness (QED) is 0.606. The van der Waals surface area contributed by atoms with Gasteiger partial charge >= 0.3 is 0 Å². The second kappa shape index (κ2) is 4.84. The summed E-state index contributed by atoms with van der Waals surface area (Å²) in [6, 6.07) is 0. The molecule has 3 nitrogen and oxygen atoms in total. The Morgan fingerprint density at radius 3 is 3.08 bits per heavy atom. The van der Waals surface area contributed by atoms with Gasteiger partial charge in [0.1, 0.15) is 5.76 Å². The Hall–Kier alpha value is -1.06. The Morgan fingerprint density at radius 1 is 1.62 bits per heavy atom. The van der Waals surface area contributed by atoms with E-state index in [1.54, 1.807) is 19.2 Å². The van der Waals surface area contributed by atoms with Gasteiger partial charge in [-0.05, 0) is 31.2 Å². The molecule has 0 heterocycles. The Labute approximate surface area is 78.1 Å². The van der Waals surface area contributed by atoms with Gasteiger partial charge in [-0.3, -0.25) is 0 Å². The van der Waals surface area contributed by atoms with E-state index < -0.39 is 6.10 Å². The summed E-state index contributed by atoms with van der Waals surface area (Å²) in [5.41, 5.74) is 0.737. The van der Waals surface area contributed by atoms with Crippen LogP contribution in [0.25, 0.3) is 0 Å². The van der Waals surface area contributed by atoms with Crippen molar-refractivity contribution in [3.63, 3.8) is 0 Å². The number of rotatable bonds is 3. The van der Waals surface area contributed by atoms with Gasteiger partial charge in [-0.15, -0.1) is 0 Å². The summed E-state index contributed by atoms with van der Waals surface area (Å²) in [5, 5.41) is 21.8. The van der Waals surface area contributed by atoms with Gasteiger partial charge in [0.25, 0.3) is 0 Å². The van der Waals surface area contributed by atoms with Crippen LogP contribution in [0.2, 0.25) is 0 Å². The number of likely N-dealkylation sites (N-methyl/N-ethyl adjacent to an activating group) is 1. The van der Waals surface area contributed by atoms with Gasteiger partial charge in [0, 0.05) is 6.54 Å². The minimum atomic E-state index is -0.560. The molecule has 0 saturated heterocycles. The monoisotopic (exact) mass is 181 g/mol. The van der Waals surface area contributed by atoms with E-state index in [9.17, 15) is 10.2 Å². The van der Waals surface area contributed by atoms with Crippen LogP contribution in [-0.4, -0.2) is 29.9 Å². The molecule has 13 heavy (non-hydrogen) atoms. The van der Waals surface area contributed by atoms with E-state index in [1.807, 2.05) is 12.2 Å². The molecule has 0 aromatic heterocycles. The second-order valence-electron chi connectivity index (χ2n) is 2.98. The van der Waals surface area contributed by atoms with Crippen molar-refractivity contribution in [1.29, 1.82) is 0 Å². The summed E-state index contributed by atoms with van der Waals surface area (Å²) in [4.78, 5) is 0. The standard InChI is InChI=1S/C10H15NO2/c1-11-7-10(13)8-4-2-3-5-9(12)6-8/h2,4-6,10-13H,3,7H2,1H3. The molecule has 1 aliphatic carbocycles. The van der Waals surface area contributed by atoms with Gasteiger partial charge in [0.05, 0.1) is 6.10 Å². The molecular formula is C10H15NO2. The third-order valence-electron chi connectivity index (χ3n) is 1.87. The van der Waals surface area contributed by atoms with Gasteiger partial charge in [-0.1, -0.05) is 12.2 Å². The molecule has 0 spiro atoms. The maximum Gasteiger partial charge on any atom is 0.112 e. The number of hydrogen-bond donors (Lipinski definition) is 3. The maximum absolute atomic E-state index is 9.60. The summed E-state index contributed by atoms with van der Waals surface area (Å²) in [7, 11) is 1.78. The lowest BCUT2D eigenvalue weighted by Crippen LogP contribution is -2.24. The van der Waals surface area contributed by atoms with Crippen LogP contribution in [0.3, 0.4) is 0 Å². The molecule has 0 fully saturated rings. The van der Waals surface area contributed by atoms with Gasteiger partial charge in [0.15, 0.2) is 0 Å². The van der Waals surface area contributed by atoms with E-state index in [1.165, 1.54) is 0 Å². The van der Waals surface area contributed by atoms with Crippen molar-refractivity contribution in [2.45, 2.75) is 12.5 Å². The van der Waals surface area contributed by atoms with Crippen molar-refractivity contribution in [2.75, 3.05) is 13.6 Å². The predicted molar refractivity (Wildman–Crippen MR) is 52.5 cm³/mol. The Balaban J connectivity index is 2.71. The van der Waals surface area contributed by atoms with Crippen molar-refractivity contribution in [2.24, 2.45) is 0 Å². The summed E-state index contributed by atoms with van der Waals surface area (Å²) >= 11 is 0. The zero-order chi connectivity index (χ0) is 9.68. The largest absolute Gasteiger partial charge is 0.508 e. The summed E-state index contributed by atoms with van der Waals surface area (Å²) in [6.07, 6.45) is 7.18. The lowest BCUT2D eigenvalue weighted by atomic mass is 10.1. The SMILES string of the molecule is CNCC(O)C1=CC(O)=CCC=C1. The minimum absolute atomic E-state index is 0.218. The van der Waals surface area contributed by atoms with Gasteiger partial charge in [-0.25, -0.2) is 0 Å². The Bertz CT molecular complexity index is 254. The van der Waals surface area contributed by atoms with Crippen LogP contribution in [0.5, 0.6) is 0 Å². The fourth-order valence-electron chi connectivity index (χ4n) is 1.19. The number of nitrogens with one attached hydrogen (secondary N) is 1. The third kappa shape index (κ3) is 3.05.